The molecule has 1 aliphatic rings. The first-order chi connectivity index (χ1) is 18.4. The molecule has 13 heteroatoms. The number of alkyl halides is 3. The molecule has 2 aromatic carbocycles. The SMILES string of the molecule is CC(C)[C@@H](NC(=O)c1cccc(C(=O)NS(=O)(=O)C(F)(F)F)c1)C(=O)N1CC[C@H](c2ccc(Cl)cc2)C(C)(C)C1. The van der Waals surface area contributed by atoms with Crippen LogP contribution >= 0.6 is 11.6 Å². The highest BCUT2D eigenvalue weighted by Crippen LogP contribution is 2.42. The predicted molar refractivity (Wildman–Crippen MR) is 144 cm³/mol. The molecule has 0 bridgehead atoms. The zero-order valence-electron chi connectivity index (χ0n) is 22.4. The Morgan fingerprint density at radius 1 is 1.02 bits per heavy atom. The molecule has 0 aliphatic carbocycles. The van der Waals surface area contributed by atoms with Crippen molar-refractivity contribution in [3.63, 3.8) is 0 Å². The van der Waals surface area contributed by atoms with Gasteiger partial charge in [0.2, 0.25) is 5.91 Å². The molecule has 2 N–H and O–H groups in total. The van der Waals surface area contributed by atoms with E-state index in [1.54, 1.807) is 18.7 Å². The normalized spacial score (nSPS) is 18.2. The summed E-state index contributed by atoms with van der Waals surface area (Å²) in [6, 6.07) is 11.3. The third kappa shape index (κ3) is 7.14. The van der Waals surface area contributed by atoms with Gasteiger partial charge in [-0.1, -0.05) is 57.5 Å². The predicted octanol–water partition coefficient (Wildman–Crippen LogP) is 4.72. The van der Waals surface area contributed by atoms with Gasteiger partial charge >= 0.3 is 15.5 Å². The van der Waals surface area contributed by atoms with Gasteiger partial charge in [-0.2, -0.15) is 21.6 Å². The van der Waals surface area contributed by atoms with E-state index in [9.17, 15) is 36.0 Å². The minimum absolute atomic E-state index is 0.128. The molecule has 40 heavy (non-hydrogen) atoms. The number of nitrogens with zero attached hydrogens (tertiary/aromatic N) is 1. The first kappa shape index (κ1) is 31.4. The second-order valence-electron chi connectivity index (χ2n) is 10.8. The molecule has 0 aromatic heterocycles. The van der Waals surface area contributed by atoms with Crippen molar-refractivity contribution in [3.05, 3.63) is 70.2 Å². The molecule has 0 unspecified atom stereocenters. The standard InChI is InChI=1S/C27H31ClF3N3O5S/c1-16(2)22(25(37)34-13-12-21(26(3,4)15-34)17-8-10-20(28)11-9-17)32-23(35)18-6-5-7-19(14-18)24(36)33-40(38,39)27(29,30)31/h5-11,14,16,21-22H,12-13,15H2,1-4H3,(H,32,35)(H,33,36)/t21-,22-/m1/s1. The van der Waals surface area contributed by atoms with Crippen LogP contribution in [0.4, 0.5) is 13.2 Å². The average molecular weight is 602 g/mol. The van der Waals surface area contributed by atoms with Gasteiger partial charge in [-0.3, -0.25) is 14.4 Å². The Morgan fingerprint density at radius 3 is 2.12 bits per heavy atom. The Bertz CT molecular complexity index is 1380. The topological polar surface area (TPSA) is 113 Å². The zero-order chi connectivity index (χ0) is 30.0. The Kier molecular flexibility index (Phi) is 9.25. The van der Waals surface area contributed by atoms with Crippen molar-refractivity contribution in [2.24, 2.45) is 11.3 Å². The summed E-state index contributed by atoms with van der Waals surface area (Å²) in [7, 11) is -5.92. The highest BCUT2D eigenvalue weighted by Gasteiger charge is 2.47. The summed E-state index contributed by atoms with van der Waals surface area (Å²) in [5, 5.41) is 3.31. The second kappa shape index (κ2) is 11.8. The molecule has 8 nitrogen and oxygen atoms in total. The van der Waals surface area contributed by atoms with E-state index < -0.39 is 39.0 Å². The molecular formula is C27H31ClF3N3O5S. The number of amides is 3. The number of nitrogens with one attached hydrogen (secondary N) is 2. The summed E-state index contributed by atoms with van der Waals surface area (Å²) in [4.78, 5) is 40.5. The smallest absolute Gasteiger partial charge is 0.340 e. The van der Waals surface area contributed by atoms with Crippen molar-refractivity contribution in [1.29, 1.82) is 0 Å². The van der Waals surface area contributed by atoms with E-state index in [1.165, 1.54) is 12.1 Å². The van der Waals surface area contributed by atoms with Crippen LogP contribution in [-0.4, -0.2) is 55.7 Å². The lowest BCUT2D eigenvalue weighted by Crippen LogP contribution is -2.55. The van der Waals surface area contributed by atoms with Gasteiger partial charge in [0.05, 0.1) is 0 Å². The quantitative estimate of drug-likeness (QED) is 0.477. The molecule has 2 aromatic rings. The van der Waals surface area contributed by atoms with E-state index in [2.05, 4.69) is 19.2 Å². The highest BCUT2D eigenvalue weighted by molar-refractivity contribution is 7.90. The Hall–Kier alpha value is -3.12. The third-order valence-electron chi connectivity index (χ3n) is 6.95. The molecule has 1 fully saturated rings. The van der Waals surface area contributed by atoms with E-state index in [1.807, 2.05) is 24.3 Å². The van der Waals surface area contributed by atoms with Crippen LogP contribution < -0.4 is 10.0 Å². The van der Waals surface area contributed by atoms with Gasteiger partial charge in [0, 0.05) is 29.2 Å². The van der Waals surface area contributed by atoms with Crippen LogP contribution in [-0.2, 0) is 14.8 Å². The van der Waals surface area contributed by atoms with E-state index in [0.29, 0.717) is 24.5 Å². The fourth-order valence-corrected chi connectivity index (χ4v) is 5.44. The summed E-state index contributed by atoms with van der Waals surface area (Å²) in [6.07, 6.45) is 0.705. The minimum Gasteiger partial charge on any atom is -0.340 e. The number of carbonyl (C=O) groups is 3. The van der Waals surface area contributed by atoms with Crippen LogP contribution in [0.15, 0.2) is 48.5 Å². The van der Waals surface area contributed by atoms with Crippen LogP contribution in [0.3, 0.4) is 0 Å². The number of rotatable bonds is 7. The number of likely N-dealkylation sites (tertiary alicyclic amines) is 1. The molecule has 2 atom stereocenters. The first-order valence-corrected chi connectivity index (χ1v) is 14.4. The van der Waals surface area contributed by atoms with Gasteiger partial charge in [0.15, 0.2) is 0 Å². The molecule has 0 spiro atoms. The summed E-state index contributed by atoms with van der Waals surface area (Å²) in [5.41, 5.74) is -5.43. The lowest BCUT2D eigenvalue weighted by molar-refractivity contribution is -0.137. The van der Waals surface area contributed by atoms with Crippen molar-refractivity contribution in [2.45, 2.75) is 51.6 Å². The van der Waals surface area contributed by atoms with Gasteiger partial charge in [-0.25, -0.2) is 4.72 Å². The number of hydrogen-bond acceptors (Lipinski definition) is 5. The number of carbonyl (C=O) groups excluding carboxylic acids is 3. The van der Waals surface area contributed by atoms with Crippen molar-refractivity contribution >= 4 is 39.3 Å². The van der Waals surface area contributed by atoms with Crippen LogP contribution in [0.1, 0.15) is 66.3 Å². The Morgan fingerprint density at radius 2 is 1.60 bits per heavy atom. The van der Waals surface area contributed by atoms with Gasteiger partial charge in [-0.15, -0.1) is 0 Å². The molecule has 1 saturated heterocycles. The number of piperidine rings is 1. The summed E-state index contributed by atoms with van der Waals surface area (Å²) >= 11 is 6.03. The van der Waals surface area contributed by atoms with Crippen LogP contribution in [0.25, 0.3) is 0 Å². The average Bonchev–Trinajstić information content (AvgIpc) is 2.85. The molecule has 1 heterocycles. The molecule has 0 radical (unpaired) electrons. The third-order valence-corrected chi connectivity index (χ3v) is 8.27. The monoisotopic (exact) mass is 601 g/mol. The van der Waals surface area contributed by atoms with Crippen LogP contribution in [0.5, 0.6) is 0 Å². The van der Waals surface area contributed by atoms with E-state index >= 15 is 0 Å². The van der Waals surface area contributed by atoms with Crippen LogP contribution in [0, 0.1) is 11.3 Å². The molecule has 0 saturated carbocycles. The zero-order valence-corrected chi connectivity index (χ0v) is 24.0. The minimum atomic E-state index is -5.92. The van der Waals surface area contributed by atoms with E-state index in [-0.39, 0.29) is 28.7 Å². The van der Waals surface area contributed by atoms with Gasteiger partial charge in [0.1, 0.15) is 6.04 Å². The molecule has 218 valence electrons. The first-order valence-electron chi connectivity index (χ1n) is 12.5. The molecule has 3 amide bonds. The summed E-state index contributed by atoms with van der Waals surface area (Å²) in [5.74, 6) is -2.69. The number of halogens is 4. The summed E-state index contributed by atoms with van der Waals surface area (Å²) in [6.45, 7) is 8.59. The van der Waals surface area contributed by atoms with Crippen molar-refractivity contribution in [1.82, 2.24) is 14.9 Å². The largest absolute Gasteiger partial charge is 0.516 e. The molecule has 3 rings (SSSR count). The van der Waals surface area contributed by atoms with Crippen LogP contribution in [0.2, 0.25) is 5.02 Å². The van der Waals surface area contributed by atoms with Gasteiger partial charge < -0.3 is 10.2 Å². The van der Waals surface area contributed by atoms with Gasteiger partial charge in [-0.05, 0) is 59.6 Å². The van der Waals surface area contributed by atoms with E-state index in [0.717, 1.165) is 22.4 Å². The number of sulfonamides is 1. The number of benzene rings is 2. The maximum absolute atomic E-state index is 13.6. The fourth-order valence-electron chi connectivity index (χ4n) is 4.83. The van der Waals surface area contributed by atoms with Crippen molar-refractivity contribution in [3.8, 4) is 0 Å². The highest BCUT2D eigenvalue weighted by atomic mass is 35.5. The van der Waals surface area contributed by atoms with Crippen molar-refractivity contribution in [2.75, 3.05) is 13.1 Å². The summed E-state index contributed by atoms with van der Waals surface area (Å²) < 4.78 is 61.4. The Balaban J connectivity index is 1.73. The fraction of sp³-hybridized carbons (Fsp3) is 0.444. The lowest BCUT2D eigenvalue weighted by atomic mass is 9.70. The second-order valence-corrected chi connectivity index (χ2v) is 12.9. The molecule has 1 aliphatic heterocycles. The maximum atomic E-state index is 13.6. The van der Waals surface area contributed by atoms with Gasteiger partial charge in [0.25, 0.3) is 11.8 Å². The Labute approximate surface area is 236 Å². The number of hydrogen-bond donors (Lipinski definition) is 2. The lowest BCUT2D eigenvalue weighted by Gasteiger charge is -2.45. The molecular weight excluding hydrogens is 571 g/mol. The maximum Gasteiger partial charge on any atom is 0.516 e. The van der Waals surface area contributed by atoms with E-state index in [4.69, 9.17) is 11.6 Å². The van der Waals surface area contributed by atoms with Crippen molar-refractivity contribution < 1.29 is 36.0 Å².